The topological polar surface area (TPSA) is 102 Å². The average Bonchev–Trinajstić information content (AvgIpc) is 2.85. The van der Waals surface area contributed by atoms with Gasteiger partial charge in [-0.15, -0.1) is 0 Å². The third kappa shape index (κ3) is 5.38. The zero-order valence-corrected chi connectivity index (χ0v) is 13.0. The molecule has 1 aliphatic rings. The van der Waals surface area contributed by atoms with E-state index in [4.69, 9.17) is 5.73 Å². The van der Waals surface area contributed by atoms with Crippen molar-refractivity contribution in [3.8, 4) is 0 Å². The summed E-state index contributed by atoms with van der Waals surface area (Å²) in [5.41, 5.74) is 5.64. The van der Waals surface area contributed by atoms with Crippen LogP contribution in [-0.2, 0) is 11.3 Å². The Morgan fingerprint density at radius 2 is 2.14 bits per heavy atom. The zero-order valence-electron chi connectivity index (χ0n) is 13.0. The number of hydrogen-bond acceptors (Lipinski definition) is 3. The minimum Gasteiger partial charge on any atom is -0.368 e. The smallest absolute Gasteiger partial charge is 0.319 e. The van der Waals surface area contributed by atoms with Gasteiger partial charge in [-0.2, -0.15) is 5.10 Å². The summed E-state index contributed by atoms with van der Waals surface area (Å²) in [4.78, 5) is 22.7. The van der Waals surface area contributed by atoms with Crippen LogP contribution in [-0.4, -0.2) is 27.8 Å². The number of anilines is 1. The van der Waals surface area contributed by atoms with Gasteiger partial charge in [0.15, 0.2) is 0 Å². The van der Waals surface area contributed by atoms with Gasteiger partial charge in [0.25, 0.3) is 0 Å². The van der Waals surface area contributed by atoms with Crippen molar-refractivity contribution in [1.29, 1.82) is 0 Å². The maximum Gasteiger partial charge on any atom is 0.319 e. The molecule has 0 saturated heterocycles. The second kappa shape index (κ2) is 7.82. The molecule has 1 saturated carbocycles. The number of amides is 3. The summed E-state index contributed by atoms with van der Waals surface area (Å²) in [6.07, 6.45) is 10.6. The normalized spacial score (nSPS) is 17.0. The molecule has 1 aromatic heterocycles. The van der Waals surface area contributed by atoms with Crippen LogP contribution in [0, 0.1) is 5.92 Å². The summed E-state index contributed by atoms with van der Waals surface area (Å²) in [6, 6.07) is -0.106. The van der Waals surface area contributed by atoms with Crippen molar-refractivity contribution in [1.82, 2.24) is 15.1 Å². The number of hydrogen-bond donors (Lipinski definition) is 3. The van der Waals surface area contributed by atoms with Crippen LogP contribution in [0.25, 0.3) is 0 Å². The first-order chi connectivity index (χ1) is 10.5. The summed E-state index contributed by atoms with van der Waals surface area (Å²) >= 11 is 0. The second-order valence-electron chi connectivity index (χ2n) is 6.13. The lowest BCUT2D eigenvalue weighted by Gasteiger charge is -2.25. The number of primary amides is 1. The van der Waals surface area contributed by atoms with Gasteiger partial charge in [0, 0.05) is 12.2 Å². The summed E-state index contributed by atoms with van der Waals surface area (Å²) in [6.45, 7) is 2.03. The molecule has 1 aromatic rings. The van der Waals surface area contributed by atoms with Crippen LogP contribution in [0.3, 0.4) is 0 Å². The van der Waals surface area contributed by atoms with E-state index in [9.17, 15) is 9.59 Å². The second-order valence-corrected chi connectivity index (χ2v) is 6.13. The molecule has 122 valence electrons. The van der Waals surface area contributed by atoms with E-state index in [0.717, 1.165) is 12.3 Å². The molecule has 0 radical (unpaired) electrons. The number of nitrogens with zero attached hydrogens (tertiary/aromatic N) is 2. The molecule has 3 amide bonds. The van der Waals surface area contributed by atoms with Gasteiger partial charge in [-0.25, -0.2) is 4.79 Å². The van der Waals surface area contributed by atoms with E-state index in [1.54, 1.807) is 6.20 Å². The van der Waals surface area contributed by atoms with Crippen molar-refractivity contribution in [3.63, 3.8) is 0 Å². The van der Waals surface area contributed by atoms with Gasteiger partial charge in [0.2, 0.25) is 5.91 Å². The molecule has 22 heavy (non-hydrogen) atoms. The van der Waals surface area contributed by atoms with Crippen molar-refractivity contribution in [2.45, 2.75) is 58.0 Å². The quantitative estimate of drug-likeness (QED) is 0.747. The fourth-order valence-corrected chi connectivity index (χ4v) is 3.05. The van der Waals surface area contributed by atoms with Crippen LogP contribution in [0.15, 0.2) is 12.4 Å². The Kier molecular flexibility index (Phi) is 5.80. The lowest BCUT2D eigenvalue weighted by atomic mass is 9.85. The van der Waals surface area contributed by atoms with Crippen molar-refractivity contribution in [2.75, 3.05) is 5.32 Å². The molecule has 1 heterocycles. The Morgan fingerprint density at radius 3 is 2.82 bits per heavy atom. The molecule has 1 fully saturated rings. The highest BCUT2D eigenvalue weighted by molar-refractivity contribution is 5.89. The Bertz CT molecular complexity index is 508. The van der Waals surface area contributed by atoms with Crippen LogP contribution in [0.1, 0.15) is 45.4 Å². The van der Waals surface area contributed by atoms with E-state index < -0.39 is 5.91 Å². The van der Waals surface area contributed by atoms with Gasteiger partial charge in [-0.3, -0.25) is 9.48 Å². The molecule has 4 N–H and O–H groups in total. The molecule has 1 atom stereocenters. The van der Waals surface area contributed by atoms with Gasteiger partial charge in [-0.05, 0) is 19.3 Å². The third-order valence-electron chi connectivity index (χ3n) is 4.00. The van der Waals surface area contributed by atoms with Crippen LogP contribution in [0.5, 0.6) is 0 Å². The van der Waals surface area contributed by atoms with Crippen molar-refractivity contribution >= 4 is 17.6 Å². The van der Waals surface area contributed by atoms with Crippen LogP contribution < -0.4 is 16.4 Å². The standard InChI is InChI=1S/C15H25N5O2/c1-11(7-12-5-3-2-4-6-12)18-15(22)19-13-8-17-20(9-13)10-14(16)21/h8-9,11-12H,2-7,10H2,1H3,(H2,16,21)(H2,18,19,22)/t11-/m1/s1. The lowest BCUT2D eigenvalue weighted by molar-refractivity contribution is -0.118. The number of nitrogens with two attached hydrogens (primary N) is 1. The highest BCUT2D eigenvalue weighted by Gasteiger charge is 2.17. The van der Waals surface area contributed by atoms with Crippen molar-refractivity contribution in [3.05, 3.63) is 12.4 Å². The molecule has 0 aromatic carbocycles. The number of rotatable bonds is 6. The number of nitrogens with one attached hydrogen (secondary N) is 2. The van der Waals surface area contributed by atoms with Gasteiger partial charge >= 0.3 is 6.03 Å². The molecular formula is C15H25N5O2. The molecule has 0 unspecified atom stereocenters. The summed E-state index contributed by atoms with van der Waals surface area (Å²) in [7, 11) is 0. The molecular weight excluding hydrogens is 282 g/mol. The Hall–Kier alpha value is -2.05. The predicted octanol–water partition coefficient (Wildman–Crippen LogP) is 1.85. The van der Waals surface area contributed by atoms with Gasteiger partial charge in [-0.1, -0.05) is 32.1 Å². The first-order valence-corrected chi connectivity index (χ1v) is 7.91. The van der Waals surface area contributed by atoms with E-state index in [-0.39, 0.29) is 18.6 Å². The van der Waals surface area contributed by atoms with Crippen molar-refractivity contribution < 1.29 is 9.59 Å². The summed E-state index contributed by atoms with van der Waals surface area (Å²) < 4.78 is 1.39. The molecule has 1 aliphatic carbocycles. The maximum atomic E-state index is 11.9. The van der Waals surface area contributed by atoms with E-state index in [1.165, 1.54) is 43.0 Å². The van der Waals surface area contributed by atoms with Crippen LogP contribution in [0.2, 0.25) is 0 Å². The highest BCUT2D eigenvalue weighted by atomic mass is 16.2. The Morgan fingerprint density at radius 1 is 1.41 bits per heavy atom. The minimum atomic E-state index is -0.472. The fraction of sp³-hybridized carbons (Fsp3) is 0.667. The van der Waals surface area contributed by atoms with Crippen molar-refractivity contribution in [2.24, 2.45) is 11.7 Å². The molecule has 0 bridgehead atoms. The zero-order chi connectivity index (χ0) is 15.9. The summed E-state index contributed by atoms with van der Waals surface area (Å²) in [5, 5.41) is 9.62. The number of carbonyl (C=O) groups excluding carboxylic acids is 2. The number of urea groups is 1. The number of carbonyl (C=O) groups is 2. The predicted molar refractivity (Wildman–Crippen MR) is 84.2 cm³/mol. The monoisotopic (exact) mass is 307 g/mol. The lowest BCUT2D eigenvalue weighted by Crippen LogP contribution is -2.37. The SMILES string of the molecule is C[C@H](CC1CCCCC1)NC(=O)Nc1cnn(CC(N)=O)c1. The van der Waals surface area contributed by atoms with Gasteiger partial charge < -0.3 is 16.4 Å². The van der Waals surface area contributed by atoms with E-state index in [1.807, 2.05) is 6.92 Å². The fourth-order valence-electron chi connectivity index (χ4n) is 3.05. The first-order valence-electron chi connectivity index (χ1n) is 7.91. The van der Waals surface area contributed by atoms with Gasteiger partial charge in [0.1, 0.15) is 6.54 Å². The molecule has 0 aliphatic heterocycles. The molecule has 0 spiro atoms. The molecule has 7 heteroatoms. The first kappa shape index (κ1) is 16.3. The highest BCUT2D eigenvalue weighted by Crippen LogP contribution is 2.27. The van der Waals surface area contributed by atoms with E-state index in [2.05, 4.69) is 15.7 Å². The summed E-state index contributed by atoms with van der Waals surface area (Å²) in [5.74, 6) is 0.252. The van der Waals surface area contributed by atoms with E-state index >= 15 is 0 Å². The molecule has 7 nitrogen and oxygen atoms in total. The maximum absolute atomic E-state index is 11.9. The third-order valence-corrected chi connectivity index (χ3v) is 4.00. The largest absolute Gasteiger partial charge is 0.368 e. The van der Waals surface area contributed by atoms with Crippen LogP contribution in [0.4, 0.5) is 10.5 Å². The van der Waals surface area contributed by atoms with E-state index in [0.29, 0.717) is 5.69 Å². The average molecular weight is 307 g/mol. The minimum absolute atomic E-state index is 0.00137. The Balaban J connectivity index is 1.74. The van der Waals surface area contributed by atoms with Gasteiger partial charge in [0.05, 0.1) is 11.9 Å². The number of aromatic nitrogens is 2. The van der Waals surface area contributed by atoms with Crippen LogP contribution >= 0.6 is 0 Å². The Labute approximate surface area is 130 Å². The molecule has 2 rings (SSSR count).